The first-order chi connectivity index (χ1) is 12.6. The van der Waals surface area contributed by atoms with Crippen molar-refractivity contribution in [3.63, 3.8) is 0 Å². The second kappa shape index (κ2) is 7.95. The molecule has 0 radical (unpaired) electrons. The van der Waals surface area contributed by atoms with E-state index in [9.17, 15) is 13.2 Å². The molecular formula is C19H19F3N4. The number of nitrogens with one attached hydrogen (secondary N) is 3. The molecule has 0 bridgehead atoms. The van der Waals surface area contributed by atoms with Gasteiger partial charge in [-0.1, -0.05) is 0 Å². The number of halogens is 3. The van der Waals surface area contributed by atoms with E-state index in [2.05, 4.69) is 20.6 Å². The van der Waals surface area contributed by atoms with Crippen molar-refractivity contribution in [2.24, 2.45) is 4.99 Å². The molecule has 0 saturated heterocycles. The number of hydrogen-bond donors (Lipinski definition) is 3. The molecule has 0 unspecified atom stereocenters. The van der Waals surface area contributed by atoms with E-state index in [4.69, 9.17) is 0 Å². The first kappa shape index (κ1) is 17.8. The van der Waals surface area contributed by atoms with Crippen molar-refractivity contribution in [3.8, 4) is 0 Å². The number of H-pyrrole nitrogens is 1. The van der Waals surface area contributed by atoms with Crippen molar-refractivity contribution in [1.29, 1.82) is 0 Å². The first-order valence-electron chi connectivity index (χ1n) is 8.21. The molecule has 0 aliphatic heterocycles. The molecule has 3 rings (SSSR count). The van der Waals surface area contributed by atoms with Gasteiger partial charge in [0.2, 0.25) is 0 Å². The molecule has 0 atom stereocenters. The number of hydrogen-bond acceptors (Lipinski definition) is 1. The third-order valence-corrected chi connectivity index (χ3v) is 4.09. The molecule has 0 fully saturated rings. The Bertz CT molecular complexity index is 934. The third kappa shape index (κ3) is 4.17. The van der Waals surface area contributed by atoms with Gasteiger partial charge < -0.3 is 15.6 Å². The van der Waals surface area contributed by atoms with Crippen LogP contribution in [-0.2, 0) is 13.0 Å². The van der Waals surface area contributed by atoms with E-state index in [0.717, 1.165) is 34.7 Å². The van der Waals surface area contributed by atoms with Gasteiger partial charge in [0.25, 0.3) is 0 Å². The maximum Gasteiger partial charge on any atom is 0.191 e. The summed E-state index contributed by atoms with van der Waals surface area (Å²) >= 11 is 0. The molecular weight excluding hydrogens is 341 g/mol. The van der Waals surface area contributed by atoms with E-state index in [1.807, 2.05) is 6.20 Å². The Labute approximate surface area is 149 Å². The van der Waals surface area contributed by atoms with Crippen LogP contribution in [0.5, 0.6) is 0 Å². The summed E-state index contributed by atoms with van der Waals surface area (Å²) in [5.41, 5.74) is 2.04. The fraction of sp³-hybridized carbons (Fsp3) is 0.211. The van der Waals surface area contributed by atoms with Gasteiger partial charge in [-0.25, -0.2) is 13.2 Å². The Hall–Kier alpha value is -2.96. The summed E-state index contributed by atoms with van der Waals surface area (Å²) in [6, 6.07) is 7.97. The van der Waals surface area contributed by atoms with Crippen molar-refractivity contribution in [3.05, 3.63) is 71.2 Å². The highest BCUT2D eigenvalue weighted by Crippen LogP contribution is 2.19. The van der Waals surface area contributed by atoms with Gasteiger partial charge in [0, 0.05) is 42.8 Å². The quantitative estimate of drug-likeness (QED) is 0.482. The number of guanidine groups is 1. The lowest BCUT2D eigenvalue weighted by atomic mass is 10.1. The van der Waals surface area contributed by atoms with Crippen LogP contribution in [0, 0.1) is 17.5 Å². The topological polar surface area (TPSA) is 52.2 Å². The van der Waals surface area contributed by atoms with Crippen molar-refractivity contribution in [2.75, 3.05) is 13.6 Å². The van der Waals surface area contributed by atoms with Crippen LogP contribution in [0.3, 0.4) is 0 Å². The van der Waals surface area contributed by atoms with Gasteiger partial charge in [-0.15, -0.1) is 0 Å². The molecule has 0 amide bonds. The summed E-state index contributed by atoms with van der Waals surface area (Å²) < 4.78 is 40.1. The fourth-order valence-corrected chi connectivity index (χ4v) is 2.76. The standard InChI is InChI=1S/C19H19F3N4/c1-23-19(26-11-13-8-14(20)3-5-17(13)22)24-7-6-12-10-25-18-9-15(21)2-4-16(12)18/h2-5,8-10,25H,6-7,11H2,1H3,(H2,23,24,26). The minimum absolute atomic E-state index is 0.121. The lowest BCUT2D eigenvalue weighted by molar-refractivity contribution is 0.581. The van der Waals surface area contributed by atoms with E-state index in [1.54, 1.807) is 13.1 Å². The van der Waals surface area contributed by atoms with Crippen LogP contribution in [0.15, 0.2) is 47.6 Å². The molecule has 2 aromatic carbocycles. The number of fused-ring (bicyclic) bond motifs is 1. The van der Waals surface area contributed by atoms with E-state index in [0.29, 0.717) is 18.9 Å². The van der Waals surface area contributed by atoms with Gasteiger partial charge in [-0.05, 0) is 48.4 Å². The minimum atomic E-state index is -0.484. The highest BCUT2D eigenvalue weighted by molar-refractivity contribution is 5.83. The van der Waals surface area contributed by atoms with Gasteiger partial charge in [0.1, 0.15) is 17.5 Å². The van der Waals surface area contributed by atoms with E-state index in [-0.39, 0.29) is 17.9 Å². The average molecular weight is 360 g/mol. The van der Waals surface area contributed by atoms with Crippen LogP contribution < -0.4 is 10.6 Å². The van der Waals surface area contributed by atoms with Crippen LogP contribution in [0.25, 0.3) is 10.9 Å². The Balaban J connectivity index is 1.55. The minimum Gasteiger partial charge on any atom is -0.361 e. The SMILES string of the molecule is CN=C(NCCc1c[nH]c2cc(F)ccc12)NCc1cc(F)ccc1F. The van der Waals surface area contributed by atoms with Crippen molar-refractivity contribution in [2.45, 2.75) is 13.0 Å². The lowest BCUT2D eigenvalue weighted by Crippen LogP contribution is -2.38. The van der Waals surface area contributed by atoms with E-state index in [1.165, 1.54) is 12.1 Å². The number of aromatic nitrogens is 1. The lowest BCUT2D eigenvalue weighted by Gasteiger charge is -2.12. The Morgan fingerprint density at radius 1 is 1.00 bits per heavy atom. The summed E-state index contributed by atoms with van der Waals surface area (Å²) in [5, 5.41) is 7.05. The molecule has 136 valence electrons. The molecule has 26 heavy (non-hydrogen) atoms. The van der Waals surface area contributed by atoms with Crippen LogP contribution >= 0.6 is 0 Å². The van der Waals surface area contributed by atoms with Gasteiger partial charge in [-0.3, -0.25) is 4.99 Å². The Morgan fingerprint density at radius 3 is 2.58 bits per heavy atom. The summed E-state index contributed by atoms with van der Waals surface area (Å²) in [5.74, 6) is -0.750. The highest BCUT2D eigenvalue weighted by Gasteiger charge is 2.07. The van der Waals surface area contributed by atoms with Crippen LogP contribution in [0.1, 0.15) is 11.1 Å². The molecule has 0 spiro atoms. The Morgan fingerprint density at radius 2 is 1.77 bits per heavy atom. The number of aliphatic imine (C=N–C) groups is 1. The first-order valence-corrected chi connectivity index (χ1v) is 8.21. The van der Waals surface area contributed by atoms with Crippen LogP contribution in [0.4, 0.5) is 13.2 Å². The molecule has 0 aliphatic carbocycles. The number of rotatable bonds is 5. The molecule has 3 aromatic rings. The number of benzene rings is 2. The number of aromatic amines is 1. The van der Waals surface area contributed by atoms with Gasteiger partial charge >= 0.3 is 0 Å². The average Bonchev–Trinajstić information content (AvgIpc) is 3.02. The highest BCUT2D eigenvalue weighted by atomic mass is 19.1. The van der Waals surface area contributed by atoms with E-state index >= 15 is 0 Å². The molecule has 0 saturated carbocycles. The predicted molar refractivity (Wildman–Crippen MR) is 96.5 cm³/mol. The fourth-order valence-electron chi connectivity index (χ4n) is 2.76. The van der Waals surface area contributed by atoms with Crippen molar-refractivity contribution >= 4 is 16.9 Å². The summed E-state index contributed by atoms with van der Waals surface area (Å²) in [6.07, 6.45) is 2.55. The van der Waals surface area contributed by atoms with Crippen LogP contribution in [0.2, 0.25) is 0 Å². The van der Waals surface area contributed by atoms with E-state index < -0.39 is 11.6 Å². The molecule has 0 aliphatic rings. The van der Waals surface area contributed by atoms with Gasteiger partial charge in [0.15, 0.2) is 5.96 Å². The summed E-state index contributed by atoms with van der Waals surface area (Å²) in [6.45, 7) is 0.700. The molecule has 3 N–H and O–H groups in total. The number of nitrogens with zero attached hydrogens (tertiary/aromatic N) is 1. The Kier molecular flexibility index (Phi) is 5.46. The second-order valence-corrected chi connectivity index (χ2v) is 5.84. The molecule has 4 nitrogen and oxygen atoms in total. The normalized spacial score (nSPS) is 11.8. The smallest absolute Gasteiger partial charge is 0.191 e. The second-order valence-electron chi connectivity index (χ2n) is 5.84. The summed E-state index contributed by atoms with van der Waals surface area (Å²) in [7, 11) is 1.60. The van der Waals surface area contributed by atoms with Crippen LogP contribution in [-0.4, -0.2) is 24.5 Å². The predicted octanol–water partition coefficient (Wildman–Crippen LogP) is 3.49. The van der Waals surface area contributed by atoms with Crippen molar-refractivity contribution in [1.82, 2.24) is 15.6 Å². The monoisotopic (exact) mass is 360 g/mol. The zero-order valence-corrected chi connectivity index (χ0v) is 14.2. The maximum atomic E-state index is 13.6. The third-order valence-electron chi connectivity index (χ3n) is 4.09. The molecule has 1 heterocycles. The largest absolute Gasteiger partial charge is 0.361 e. The van der Waals surface area contributed by atoms with Crippen molar-refractivity contribution < 1.29 is 13.2 Å². The zero-order valence-electron chi connectivity index (χ0n) is 14.2. The maximum absolute atomic E-state index is 13.6. The molecule has 7 heteroatoms. The van der Waals surface area contributed by atoms with Gasteiger partial charge in [0.05, 0.1) is 0 Å². The van der Waals surface area contributed by atoms with Gasteiger partial charge in [-0.2, -0.15) is 0 Å². The zero-order chi connectivity index (χ0) is 18.5. The summed E-state index contributed by atoms with van der Waals surface area (Å²) in [4.78, 5) is 7.12. The molecule has 1 aromatic heterocycles.